The maximum Gasteiger partial charge on any atom is 0.143 e. The van der Waals surface area contributed by atoms with Gasteiger partial charge in [0.25, 0.3) is 0 Å². The van der Waals surface area contributed by atoms with Crippen molar-refractivity contribution in [2.75, 3.05) is 0 Å². The molecular formula is C13H20O. The number of allylic oxidation sites excluding steroid dienone is 2. The quantitative estimate of drug-likeness (QED) is 0.482. The molecule has 0 aromatic carbocycles. The van der Waals surface area contributed by atoms with Crippen molar-refractivity contribution in [2.45, 2.75) is 45.4 Å². The van der Waals surface area contributed by atoms with Crippen LogP contribution in [0.3, 0.4) is 0 Å². The van der Waals surface area contributed by atoms with Crippen molar-refractivity contribution in [3.8, 4) is 0 Å². The van der Waals surface area contributed by atoms with Crippen LogP contribution in [-0.4, -0.2) is 5.78 Å². The number of fused-ring (bicyclic) bond motifs is 2. The van der Waals surface area contributed by atoms with Gasteiger partial charge in [0.2, 0.25) is 0 Å². The Morgan fingerprint density at radius 1 is 1.29 bits per heavy atom. The topological polar surface area (TPSA) is 17.1 Å². The highest BCUT2D eigenvalue weighted by Crippen LogP contribution is 2.42. The van der Waals surface area contributed by atoms with Crippen molar-refractivity contribution in [1.82, 2.24) is 0 Å². The summed E-state index contributed by atoms with van der Waals surface area (Å²) in [5.74, 6) is 1.83. The van der Waals surface area contributed by atoms with Crippen molar-refractivity contribution in [3.05, 3.63) is 12.2 Å². The summed E-state index contributed by atoms with van der Waals surface area (Å²) in [6, 6.07) is 0. The molecule has 0 aromatic rings. The van der Waals surface area contributed by atoms with Gasteiger partial charge in [0.1, 0.15) is 5.78 Å². The standard InChI is InChI=1S/C13H20O/c1-2-3-4-5-6-12-10-7-8-11(9-10)13(12)14/h7-8,10-12H,2-6,9H2,1H3/t10-,11+,12+/m1/s1. The molecular weight excluding hydrogens is 172 g/mol. The van der Waals surface area contributed by atoms with E-state index in [9.17, 15) is 4.79 Å². The van der Waals surface area contributed by atoms with Crippen LogP contribution < -0.4 is 0 Å². The number of rotatable bonds is 5. The van der Waals surface area contributed by atoms with Crippen LogP contribution in [0, 0.1) is 17.8 Å². The van der Waals surface area contributed by atoms with Crippen molar-refractivity contribution >= 4 is 5.78 Å². The minimum Gasteiger partial charge on any atom is -0.299 e. The van der Waals surface area contributed by atoms with Gasteiger partial charge < -0.3 is 0 Å². The number of hydrogen-bond donors (Lipinski definition) is 0. The number of carbonyl (C=O) groups is 1. The Morgan fingerprint density at radius 3 is 2.79 bits per heavy atom. The van der Waals surface area contributed by atoms with E-state index in [1.165, 1.54) is 25.7 Å². The Hall–Kier alpha value is -0.590. The fraction of sp³-hybridized carbons (Fsp3) is 0.769. The highest BCUT2D eigenvalue weighted by Gasteiger charge is 2.42. The van der Waals surface area contributed by atoms with Gasteiger partial charge in [-0.1, -0.05) is 44.8 Å². The van der Waals surface area contributed by atoms with Crippen LogP contribution in [0.25, 0.3) is 0 Å². The lowest BCUT2D eigenvalue weighted by atomic mass is 9.87. The molecule has 0 N–H and O–H groups in total. The van der Waals surface area contributed by atoms with Crippen molar-refractivity contribution in [2.24, 2.45) is 17.8 Å². The van der Waals surface area contributed by atoms with E-state index in [2.05, 4.69) is 19.1 Å². The fourth-order valence-electron chi connectivity index (χ4n) is 2.87. The normalized spacial score (nSPS) is 34.4. The van der Waals surface area contributed by atoms with Crippen LogP contribution in [-0.2, 0) is 4.79 Å². The van der Waals surface area contributed by atoms with Gasteiger partial charge in [-0.25, -0.2) is 0 Å². The first-order valence-electron chi connectivity index (χ1n) is 6.05. The molecule has 2 bridgehead atoms. The Morgan fingerprint density at radius 2 is 2.14 bits per heavy atom. The monoisotopic (exact) mass is 192 g/mol. The minimum atomic E-state index is 0.302. The first kappa shape index (κ1) is 9.95. The molecule has 0 radical (unpaired) electrons. The lowest BCUT2D eigenvalue weighted by Crippen LogP contribution is -2.18. The highest BCUT2D eigenvalue weighted by atomic mass is 16.1. The van der Waals surface area contributed by atoms with E-state index < -0.39 is 0 Å². The lowest BCUT2D eigenvalue weighted by molar-refractivity contribution is -0.123. The number of ketones is 1. The van der Waals surface area contributed by atoms with Gasteiger partial charge in [-0.05, 0) is 18.8 Å². The fourth-order valence-corrected chi connectivity index (χ4v) is 2.87. The van der Waals surface area contributed by atoms with Gasteiger partial charge in [-0.3, -0.25) is 4.79 Å². The SMILES string of the molecule is CCCCCC[C@@H]1C(=O)[C@H]2C=C[C@@H]1C2. The van der Waals surface area contributed by atoms with E-state index in [0.29, 0.717) is 23.5 Å². The molecule has 1 fully saturated rings. The molecule has 0 unspecified atom stereocenters. The first-order valence-corrected chi connectivity index (χ1v) is 6.05. The van der Waals surface area contributed by atoms with Gasteiger partial charge in [-0.2, -0.15) is 0 Å². The second-order valence-electron chi connectivity index (χ2n) is 4.75. The number of Topliss-reactive ketones (excluding diaryl/α,β-unsaturated/α-hetero) is 1. The predicted octanol–water partition coefficient (Wildman–Crippen LogP) is 3.35. The number of carbonyl (C=O) groups excluding carboxylic acids is 1. The van der Waals surface area contributed by atoms with Crippen molar-refractivity contribution < 1.29 is 4.79 Å². The molecule has 78 valence electrons. The van der Waals surface area contributed by atoms with E-state index in [0.717, 1.165) is 12.8 Å². The zero-order valence-corrected chi connectivity index (χ0v) is 9.04. The summed E-state index contributed by atoms with van der Waals surface area (Å²) in [4.78, 5) is 11.8. The molecule has 2 aliphatic rings. The molecule has 0 heterocycles. The van der Waals surface area contributed by atoms with Crippen LogP contribution in [0.15, 0.2) is 12.2 Å². The van der Waals surface area contributed by atoms with E-state index in [-0.39, 0.29) is 0 Å². The number of unbranched alkanes of at least 4 members (excludes halogenated alkanes) is 3. The molecule has 14 heavy (non-hydrogen) atoms. The molecule has 0 aromatic heterocycles. The summed E-state index contributed by atoms with van der Waals surface area (Å²) in [5, 5.41) is 0. The Labute approximate surface area is 86.6 Å². The van der Waals surface area contributed by atoms with E-state index in [4.69, 9.17) is 0 Å². The molecule has 0 aliphatic heterocycles. The lowest BCUT2D eigenvalue weighted by Gasteiger charge is -2.16. The zero-order valence-electron chi connectivity index (χ0n) is 9.04. The van der Waals surface area contributed by atoms with E-state index in [1.807, 2.05) is 0 Å². The van der Waals surface area contributed by atoms with Gasteiger partial charge in [0.15, 0.2) is 0 Å². The molecule has 0 saturated heterocycles. The van der Waals surface area contributed by atoms with Gasteiger partial charge in [0.05, 0.1) is 0 Å². The van der Waals surface area contributed by atoms with Crippen LogP contribution in [0.5, 0.6) is 0 Å². The van der Waals surface area contributed by atoms with Crippen molar-refractivity contribution in [1.29, 1.82) is 0 Å². The minimum absolute atomic E-state index is 0.302. The molecule has 0 spiro atoms. The van der Waals surface area contributed by atoms with Gasteiger partial charge in [-0.15, -0.1) is 0 Å². The Kier molecular flexibility index (Phi) is 3.05. The maximum atomic E-state index is 11.8. The zero-order chi connectivity index (χ0) is 9.97. The van der Waals surface area contributed by atoms with Gasteiger partial charge in [0, 0.05) is 11.8 Å². The molecule has 3 atom stereocenters. The highest BCUT2D eigenvalue weighted by molar-refractivity contribution is 5.89. The third kappa shape index (κ3) is 1.77. The molecule has 1 nitrogen and oxygen atoms in total. The predicted molar refractivity (Wildman–Crippen MR) is 58.0 cm³/mol. The van der Waals surface area contributed by atoms with Crippen LogP contribution in [0.1, 0.15) is 45.4 Å². The summed E-state index contributed by atoms with van der Waals surface area (Å²) < 4.78 is 0. The van der Waals surface area contributed by atoms with Gasteiger partial charge >= 0.3 is 0 Å². The molecule has 0 amide bonds. The summed E-state index contributed by atoms with van der Waals surface area (Å²) in [6.07, 6.45) is 11.8. The average molecular weight is 192 g/mol. The van der Waals surface area contributed by atoms with E-state index in [1.54, 1.807) is 0 Å². The summed E-state index contributed by atoms with van der Waals surface area (Å²) in [6.45, 7) is 2.23. The third-order valence-electron chi connectivity index (χ3n) is 3.73. The summed E-state index contributed by atoms with van der Waals surface area (Å²) in [7, 11) is 0. The average Bonchev–Trinajstić information content (AvgIpc) is 2.75. The largest absolute Gasteiger partial charge is 0.299 e. The summed E-state index contributed by atoms with van der Waals surface area (Å²) in [5.41, 5.74) is 0. The first-order chi connectivity index (χ1) is 6.83. The van der Waals surface area contributed by atoms with Crippen LogP contribution in [0.2, 0.25) is 0 Å². The Bertz CT molecular complexity index is 242. The maximum absolute atomic E-state index is 11.8. The summed E-state index contributed by atoms with van der Waals surface area (Å²) >= 11 is 0. The second kappa shape index (κ2) is 4.29. The Balaban J connectivity index is 1.76. The second-order valence-corrected chi connectivity index (χ2v) is 4.75. The molecule has 1 heteroatoms. The van der Waals surface area contributed by atoms with Crippen molar-refractivity contribution in [3.63, 3.8) is 0 Å². The third-order valence-corrected chi connectivity index (χ3v) is 3.73. The van der Waals surface area contributed by atoms with E-state index >= 15 is 0 Å². The molecule has 2 aliphatic carbocycles. The number of hydrogen-bond acceptors (Lipinski definition) is 1. The molecule has 2 rings (SSSR count). The smallest absolute Gasteiger partial charge is 0.143 e. The van der Waals surface area contributed by atoms with Crippen LogP contribution >= 0.6 is 0 Å². The van der Waals surface area contributed by atoms with Crippen LogP contribution in [0.4, 0.5) is 0 Å². The molecule has 1 saturated carbocycles.